The first kappa shape index (κ1) is 28.8. The van der Waals surface area contributed by atoms with E-state index in [9.17, 15) is 9.59 Å². The van der Waals surface area contributed by atoms with Gasteiger partial charge in [0.05, 0.1) is 13.7 Å². The summed E-state index contributed by atoms with van der Waals surface area (Å²) in [5.74, 6) is 0.574. The number of unbranched alkanes of at least 4 members (excludes halogenated alkanes) is 1. The molecule has 0 saturated carbocycles. The van der Waals surface area contributed by atoms with Crippen LogP contribution in [0.25, 0.3) is 0 Å². The molecular weight excluding hydrogens is 448 g/mol. The highest BCUT2D eigenvalue weighted by Gasteiger charge is 2.24. The lowest BCUT2D eigenvalue weighted by Gasteiger charge is -2.25. The Morgan fingerprint density at radius 3 is 2.66 bits per heavy atom. The van der Waals surface area contributed by atoms with E-state index >= 15 is 0 Å². The number of methoxy groups -OCH3 is 2. The molecule has 198 valence electrons. The second-order valence-corrected chi connectivity index (χ2v) is 8.98. The van der Waals surface area contributed by atoms with E-state index in [0.29, 0.717) is 19.6 Å². The quantitative estimate of drug-likeness (QED) is 0.267. The van der Waals surface area contributed by atoms with Crippen LogP contribution < -0.4 is 10.6 Å². The van der Waals surface area contributed by atoms with Crippen LogP contribution in [0, 0.1) is 0 Å². The number of ether oxygens (including phenoxy) is 3. The van der Waals surface area contributed by atoms with Crippen molar-refractivity contribution in [3.63, 3.8) is 0 Å². The first-order valence-corrected chi connectivity index (χ1v) is 13.0. The third kappa shape index (κ3) is 10.4. The Kier molecular flexibility index (Phi) is 13.4. The van der Waals surface area contributed by atoms with Crippen molar-refractivity contribution < 1.29 is 23.8 Å². The zero-order chi connectivity index (χ0) is 25.5. The van der Waals surface area contributed by atoms with Crippen molar-refractivity contribution in [3.8, 4) is 0 Å². The average molecular weight is 493 g/mol. The lowest BCUT2D eigenvalue weighted by molar-refractivity contribution is -0.143. The van der Waals surface area contributed by atoms with E-state index in [0.717, 1.165) is 76.1 Å². The van der Waals surface area contributed by atoms with Gasteiger partial charge in [-0.05, 0) is 69.5 Å². The number of hydrogen-bond acceptors (Lipinski definition) is 8. The fraction of sp³-hybridized carbons (Fsp3) is 0.731. The van der Waals surface area contributed by atoms with Crippen LogP contribution in [0.1, 0.15) is 63.6 Å². The minimum Gasteiger partial charge on any atom is -0.467 e. The van der Waals surface area contributed by atoms with E-state index in [1.54, 1.807) is 7.11 Å². The zero-order valence-corrected chi connectivity index (χ0v) is 21.9. The van der Waals surface area contributed by atoms with Gasteiger partial charge in [0.25, 0.3) is 0 Å². The molecule has 1 aromatic heterocycles. The molecule has 1 aliphatic heterocycles. The third-order valence-electron chi connectivity index (χ3n) is 6.42. The molecule has 1 atom stereocenters. The van der Waals surface area contributed by atoms with Gasteiger partial charge in [0.15, 0.2) is 0 Å². The Morgan fingerprint density at radius 1 is 1.14 bits per heavy atom. The lowest BCUT2D eigenvalue weighted by Crippen LogP contribution is -2.45. The van der Waals surface area contributed by atoms with Gasteiger partial charge in [-0.1, -0.05) is 19.9 Å². The van der Waals surface area contributed by atoms with Gasteiger partial charge in [-0.15, -0.1) is 0 Å². The Hall–Kier alpha value is -2.39. The van der Waals surface area contributed by atoms with Crippen molar-refractivity contribution in [2.24, 2.45) is 0 Å². The van der Waals surface area contributed by atoms with E-state index in [4.69, 9.17) is 19.2 Å². The first-order chi connectivity index (χ1) is 17.0. The Morgan fingerprint density at radius 2 is 1.94 bits per heavy atom. The Labute approximate surface area is 210 Å². The van der Waals surface area contributed by atoms with E-state index in [-0.39, 0.29) is 6.10 Å². The Bertz CT molecular complexity index is 772. The molecule has 0 aromatic carbocycles. The van der Waals surface area contributed by atoms with Gasteiger partial charge in [0, 0.05) is 32.4 Å². The van der Waals surface area contributed by atoms with Crippen molar-refractivity contribution >= 4 is 17.9 Å². The van der Waals surface area contributed by atoms with Crippen LogP contribution in [0.15, 0.2) is 12.1 Å². The highest BCUT2D eigenvalue weighted by Crippen LogP contribution is 2.20. The molecular formula is C26H44N4O5. The minimum absolute atomic E-state index is 0.160. The van der Waals surface area contributed by atoms with Crippen LogP contribution in [0.5, 0.6) is 0 Å². The molecule has 9 heteroatoms. The molecule has 0 saturated heterocycles. The van der Waals surface area contributed by atoms with Gasteiger partial charge < -0.3 is 29.7 Å². The van der Waals surface area contributed by atoms with Crippen molar-refractivity contribution in [2.45, 2.75) is 77.4 Å². The summed E-state index contributed by atoms with van der Waals surface area (Å²) in [4.78, 5) is 31.6. The number of aromatic nitrogens is 1. The highest BCUT2D eigenvalue weighted by molar-refractivity contribution is 5.81. The summed E-state index contributed by atoms with van der Waals surface area (Å²) >= 11 is 0. The van der Waals surface area contributed by atoms with E-state index in [2.05, 4.69) is 27.7 Å². The number of carbonyl (C=O) groups is 2. The summed E-state index contributed by atoms with van der Waals surface area (Å²) in [6.45, 7) is 7.79. The second-order valence-electron chi connectivity index (χ2n) is 8.98. The number of esters is 1. The smallest absolute Gasteiger partial charge is 0.408 e. The molecule has 2 N–H and O–H groups in total. The van der Waals surface area contributed by atoms with Gasteiger partial charge in [0.2, 0.25) is 0 Å². The van der Waals surface area contributed by atoms with Crippen LogP contribution in [0.4, 0.5) is 10.6 Å². The number of rotatable bonds is 16. The number of anilines is 1. The SMILES string of the molecule is CCC(CC)OC(=O)N[C@@H](CCN(CCCCc1ccc2c(n1)NCCC2)CCOC)C(=O)OC. The molecule has 0 unspecified atom stereocenters. The zero-order valence-electron chi connectivity index (χ0n) is 21.9. The summed E-state index contributed by atoms with van der Waals surface area (Å²) in [7, 11) is 3.01. The predicted octanol–water partition coefficient (Wildman–Crippen LogP) is 3.56. The number of carbonyl (C=O) groups excluding carboxylic acids is 2. The predicted molar refractivity (Wildman–Crippen MR) is 137 cm³/mol. The maximum Gasteiger partial charge on any atom is 0.408 e. The van der Waals surface area contributed by atoms with Gasteiger partial charge in [0.1, 0.15) is 18.0 Å². The van der Waals surface area contributed by atoms with Crippen molar-refractivity contribution in [1.29, 1.82) is 0 Å². The molecule has 1 aromatic rings. The third-order valence-corrected chi connectivity index (χ3v) is 6.42. The van der Waals surface area contributed by atoms with E-state index in [1.165, 1.54) is 12.7 Å². The molecule has 35 heavy (non-hydrogen) atoms. The van der Waals surface area contributed by atoms with Crippen LogP contribution in [-0.2, 0) is 31.8 Å². The number of alkyl carbamates (subject to hydrolysis) is 1. The fourth-order valence-corrected chi connectivity index (χ4v) is 4.19. The molecule has 9 nitrogen and oxygen atoms in total. The summed E-state index contributed by atoms with van der Waals surface area (Å²) in [6, 6.07) is 3.59. The van der Waals surface area contributed by atoms with Crippen molar-refractivity contribution in [1.82, 2.24) is 15.2 Å². The number of aryl methyl sites for hydroxylation is 2. The molecule has 2 rings (SSSR count). The highest BCUT2D eigenvalue weighted by atomic mass is 16.6. The standard InChI is InChI=1S/C26H44N4O5/c1-5-22(6-2)35-26(32)29-23(25(31)34-4)14-17-30(18-19-33-3)16-8-7-11-21-13-12-20-10-9-15-27-24(20)28-21/h12-13,22-23H,5-11,14-19H2,1-4H3,(H,27,28)(H,29,32)/t23-/m0/s1. The number of nitrogens with one attached hydrogen (secondary N) is 2. The van der Waals surface area contributed by atoms with Gasteiger partial charge in [-0.2, -0.15) is 0 Å². The van der Waals surface area contributed by atoms with Crippen LogP contribution in [0.2, 0.25) is 0 Å². The lowest BCUT2D eigenvalue weighted by atomic mass is 10.1. The summed E-state index contributed by atoms with van der Waals surface area (Å²) < 4.78 is 15.6. The minimum atomic E-state index is -0.751. The fourth-order valence-electron chi connectivity index (χ4n) is 4.19. The molecule has 1 amide bonds. The summed E-state index contributed by atoms with van der Waals surface area (Å²) in [5, 5.41) is 6.08. The van der Waals surface area contributed by atoms with Gasteiger partial charge in [-0.3, -0.25) is 0 Å². The molecule has 0 spiro atoms. The number of pyridine rings is 1. The van der Waals surface area contributed by atoms with Gasteiger partial charge >= 0.3 is 12.1 Å². The Balaban J connectivity index is 1.83. The second kappa shape index (κ2) is 16.3. The van der Waals surface area contributed by atoms with Crippen molar-refractivity contribution in [3.05, 3.63) is 23.4 Å². The van der Waals surface area contributed by atoms with Crippen LogP contribution >= 0.6 is 0 Å². The number of nitrogens with zero attached hydrogens (tertiary/aromatic N) is 2. The van der Waals surface area contributed by atoms with E-state index < -0.39 is 18.1 Å². The summed E-state index contributed by atoms with van der Waals surface area (Å²) in [5.41, 5.74) is 2.43. The maximum atomic E-state index is 12.3. The average Bonchev–Trinajstić information content (AvgIpc) is 2.89. The topological polar surface area (TPSA) is 102 Å². The largest absolute Gasteiger partial charge is 0.467 e. The molecule has 2 heterocycles. The van der Waals surface area contributed by atoms with Crippen LogP contribution in [-0.4, -0.2) is 81.1 Å². The van der Waals surface area contributed by atoms with Crippen molar-refractivity contribution in [2.75, 3.05) is 52.3 Å². The monoisotopic (exact) mass is 492 g/mol. The molecule has 0 radical (unpaired) electrons. The first-order valence-electron chi connectivity index (χ1n) is 13.0. The summed E-state index contributed by atoms with van der Waals surface area (Å²) in [6.07, 6.45) is 6.38. The molecule has 0 bridgehead atoms. The number of hydrogen-bond donors (Lipinski definition) is 2. The number of amides is 1. The normalized spacial score (nSPS) is 13.8. The maximum absolute atomic E-state index is 12.3. The van der Waals surface area contributed by atoms with Crippen LogP contribution in [0.3, 0.4) is 0 Å². The molecule has 0 aliphatic carbocycles. The van der Waals surface area contributed by atoms with Gasteiger partial charge in [-0.25, -0.2) is 14.6 Å². The van der Waals surface area contributed by atoms with E-state index in [1.807, 2.05) is 13.8 Å². The molecule has 0 fully saturated rings. The number of fused-ring (bicyclic) bond motifs is 1. The molecule has 1 aliphatic rings.